The van der Waals surface area contributed by atoms with E-state index in [1.165, 1.54) is 0 Å². The largest absolute Gasteiger partial charge is 0.480 e. The number of aliphatic carboxylic acids is 1. The summed E-state index contributed by atoms with van der Waals surface area (Å²) in [4.78, 5) is 45.3. The van der Waals surface area contributed by atoms with Gasteiger partial charge < -0.3 is 37.6 Å². The van der Waals surface area contributed by atoms with Crippen molar-refractivity contribution in [2.24, 2.45) is 11.5 Å². The van der Waals surface area contributed by atoms with Crippen molar-refractivity contribution in [3.05, 3.63) is 0 Å². The molecule has 0 aromatic heterocycles. The van der Waals surface area contributed by atoms with Crippen LogP contribution in [0.5, 0.6) is 0 Å². The molecule has 11 nitrogen and oxygen atoms in total. The zero-order valence-electron chi connectivity index (χ0n) is 13.3. The summed E-state index contributed by atoms with van der Waals surface area (Å²) in [6, 6.07) is -2.19. The Morgan fingerprint density at radius 1 is 1.00 bits per heavy atom. The molecule has 0 aromatic rings. The van der Waals surface area contributed by atoms with Crippen molar-refractivity contribution in [3.63, 3.8) is 0 Å². The number of carboxylic acid groups (broad SMARTS) is 1. The average molecular weight is 347 g/mol. The molecule has 138 valence electrons. The number of hydrogen-bond donors (Lipinski definition) is 7. The first kappa shape index (κ1) is 21.8. The van der Waals surface area contributed by atoms with Gasteiger partial charge in [0.05, 0.1) is 19.7 Å². The Labute approximate surface area is 139 Å². The molecule has 0 spiro atoms. The Balaban J connectivity index is 4.11. The van der Waals surface area contributed by atoms with E-state index in [4.69, 9.17) is 21.7 Å². The highest BCUT2D eigenvalue weighted by molar-refractivity contribution is 5.90. The predicted octanol–water partition coefficient (Wildman–Crippen LogP) is -3.76. The van der Waals surface area contributed by atoms with E-state index in [0.29, 0.717) is 19.4 Å². The van der Waals surface area contributed by atoms with Crippen LogP contribution in [0.1, 0.15) is 19.3 Å². The van der Waals surface area contributed by atoms with Crippen LogP contribution in [0.25, 0.3) is 0 Å². The van der Waals surface area contributed by atoms with Crippen LogP contribution in [0.2, 0.25) is 0 Å². The molecule has 0 aromatic carbocycles. The topological polar surface area (TPSA) is 197 Å². The molecule has 0 aliphatic heterocycles. The van der Waals surface area contributed by atoms with Gasteiger partial charge in [-0.15, -0.1) is 0 Å². The van der Waals surface area contributed by atoms with Crippen LogP contribution in [0.15, 0.2) is 0 Å². The third-order valence-corrected chi connectivity index (χ3v) is 2.98. The van der Waals surface area contributed by atoms with E-state index in [9.17, 15) is 19.2 Å². The van der Waals surface area contributed by atoms with Gasteiger partial charge in [-0.05, 0) is 25.8 Å². The lowest BCUT2D eigenvalue weighted by molar-refractivity contribution is -0.142. The molecule has 0 saturated heterocycles. The molecule has 0 radical (unpaired) electrons. The zero-order valence-corrected chi connectivity index (χ0v) is 13.3. The van der Waals surface area contributed by atoms with Crippen molar-refractivity contribution < 1.29 is 29.4 Å². The van der Waals surface area contributed by atoms with E-state index in [0.717, 1.165) is 0 Å². The summed E-state index contributed by atoms with van der Waals surface area (Å²) < 4.78 is 0. The lowest BCUT2D eigenvalue weighted by Gasteiger charge is -2.15. The van der Waals surface area contributed by atoms with E-state index < -0.39 is 55.5 Å². The average Bonchev–Trinajstić information content (AvgIpc) is 2.55. The van der Waals surface area contributed by atoms with Gasteiger partial charge in [0.2, 0.25) is 17.7 Å². The van der Waals surface area contributed by atoms with E-state index in [2.05, 4.69) is 16.0 Å². The minimum absolute atomic E-state index is 0.237. The maximum Gasteiger partial charge on any atom is 0.326 e. The number of carbonyl (C=O) groups excluding carboxylic acids is 3. The van der Waals surface area contributed by atoms with Gasteiger partial charge in [-0.3, -0.25) is 14.4 Å². The number of carbonyl (C=O) groups is 4. The Bertz CT molecular complexity index is 445. The standard InChI is InChI=1S/C13H25N5O6/c14-4-2-1-3-9(13(23)24)18-11(21)6-16-10(20)5-17-12(22)8(15)7-19/h8-9,19H,1-7,14-15H2,(H,16,20)(H,17,22)(H,18,21)(H,23,24). The first-order valence-corrected chi connectivity index (χ1v) is 7.44. The van der Waals surface area contributed by atoms with E-state index in [1.807, 2.05) is 0 Å². The van der Waals surface area contributed by atoms with Crippen molar-refractivity contribution in [3.8, 4) is 0 Å². The SMILES string of the molecule is NCCCCC(NC(=O)CNC(=O)CNC(=O)C(N)CO)C(=O)O. The smallest absolute Gasteiger partial charge is 0.326 e. The fourth-order valence-electron chi connectivity index (χ4n) is 1.62. The molecule has 2 atom stereocenters. The number of amides is 3. The van der Waals surface area contributed by atoms with Crippen molar-refractivity contribution in [1.82, 2.24) is 16.0 Å². The second-order valence-electron chi connectivity index (χ2n) is 5.03. The zero-order chi connectivity index (χ0) is 18.5. The number of rotatable bonds is 12. The van der Waals surface area contributed by atoms with Crippen molar-refractivity contribution in [1.29, 1.82) is 0 Å². The lowest BCUT2D eigenvalue weighted by Crippen LogP contribution is -2.49. The molecular formula is C13H25N5O6. The van der Waals surface area contributed by atoms with Crippen LogP contribution in [0, 0.1) is 0 Å². The summed E-state index contributed by atoms with van der Waals surface area (Å²) in [5, 5.41) is 24.4. The number of hydrogen-bond acceptors (Lipinski definition) is 7. The minimum Gasteiger partial charge on any atom is -0.480 e. The molecule has 11 heteroatoms. The third kappa shape index (κ3) is 9.71. The van der Waals surface area contributed by atoms with Crippen LogP contribution in [-0.2, 0) is 19.2 Å². The van der Waals surface area contributed by atoms with Crippen LogP contribution in [0.3, 0.4) is 0 Å². The van der Waals surface area contributed by atoms with Gasteiger partial charge >= 0.3 is 5.97 Å². The van der Waals surface area contributed by atoms with E-state index >= 15 is 0 Å². The highest BCUT2D eigenvalue weighted by atomic mass is 16.4. The number of nitrogens with two attached hydrogens (primary N) is 2. The molecule has 0 saturated carbocycles. The van der Waals surface area contributed by atoms with Crippen LogP contribution < -0.4 is 27.4 Å². The monoisotopic (exact) mass is 347 g/mol. The maximum atomic E-state index is 11.6. The molecule has 0 heterocycles. The first-order valence-electron chi connectivity index (χ1n) is 7.44. The highest BCUT2D eigenvalue weighted by Gasteiger charge is 2.19. The molecule has 24 heavy (non-hydrogen) atoms. The molecule has 0 rings (SSSR count). The maximum absolute atomic E-state index is 11.6. The summed E-state index contributed by atoms with van der Waals surface area (Å²) in [5.41, 5.74) is 10.6. The normalized spacial score (nSPS) is 12.8. The Kier molecular flexibility index (Phi) is 11.1. The fraction of sp³-hybridized carbons (Fsp3) is 0.692. The van der Waals surface area contributed by atoms with Gasteiger partial charge in [0.1, 0.15) is 12.1 Å². The van der Waals surface area contributed by atoms with E-state index in [-0.39, 0.29) is 6.42 Å². The summed E-state index contributed by atoms with van der Waals surface area (Å²) in [5.74, 6) is -3.19. The quantitative estimate of drug-likeness (QED) is 0.175. The summed E-state index contributed by atoms with van der Waals surface area (Å²) in [7, 11) is 0. The Morgan fingerprint density at radius 3 is 2.17 bits per heavy atom. The van der Waals surface area contributed by atoms with Gasteiger partial charge in [-0.2, -0.15) is 0 Å². The molecule has 9 N–H and O–H groups in total. The molecule has 0 fully saturated rings. The fourth-order valence-corrected chi connectivity index (χ4v) is 1.62. The van der Waals surface area contributed by atoms with E-state index in [1.54, 1.807) is 0 Å². The molecular weight excluding hydrogens is 322 g/mol. The number of nitrogens with one attached hydrogen (secondary N) is 3. The number of aliphatic hydroxyl groups excluding tert-OH is 1. The summed E-state index contributed by atoms with van der Waals surface area (Å²) >= 11 is 0. The first-order chi connectivity index (χ1) is 11.3. The van der Waals surface area contributed by atoms with Crippen molar-refractivity contribution in [2.75, 3.05) is 26.2 Å². The van der Waals surface area contributed by atoms with Crippen LogP contribution in [0.4, 0.5) is 0 Å². The highest BCUT2D eigenvalue weighted by Crippen LogP contribution is 2.00. The molecule has 0 aliphatic rings. The molecule has 0 aliphatic carbocycles. The Morgan fingerprint density at radius 2 is 1.62 bits per heavy atom. The van der Waals surface area contributed by atoms with Gasteiger partial charge in [0.15, 0.2) is 0 Å². The molecule has 3 amide bonds. The third-order valence-electron chi connectivity index (χ3n) is 2.98. The van der Waals surface area contributed by atoms with Gasteiger partial charge in [0.25, 0.3) is 0 Å². The second-order valence-corrected chi connectivity index (χ2v) is 5.03. The summed E-state index contributed by atoms with van der Waals surface area (Å²) in [6.45, 7) is -0.974. The molecule has 2 unspecified atom stereocenters. The van der Waals surface area contributed by atoms with Gasteiger partial charge in [0, 0.05) is 0 Å². The lowest BCUT2D eigenvalue weighted by atomic mass is 10.1. The summed E-state index contributed by atoms with van der Waals surface area (Å²) in [6.07, 6.45) is 1.44. The van der Waals surface area contributed by atoms with Crippen molar-refractivity contribution in [2.45, 2.75) is 31.3 Å². The van der Waals surface area contributed by atoms with Gasteiger partial charge in [-0.25, -0.2) is 4.79 Å². The number of unbranched alkanes of at least 4 members (excludes halogenated alkanes) is 1. The second kappa shape index (κ2) is 12.2. The number of carboxylic acids is 1. The van der Waals surface area contributed by atoms with Crippen LogP contribution >= 0.6 is 0 Å². The van der Waals surface area contributed by atoms with Gasteiger partial charge in [-0.1, -0.05) is 0 Å². The molecule has 0 bridgehead atoms. The van der Waals surface area contributed by atoms with Crippen molar-refractivity contribution >= 4 is 23.7 Å². The predicted molar refractivity (Wildman–Crippen MR) is 83.6 cm³/mol. The Hall–Kier alpha value is -2.24. The van der Waals surface area contributed by atoms with Crippen LogP contribution in [-0.4, -0.2) is 72.2 Å². The number of aliphatic hydroxyl groups is 1. The minimum atomic E-state index is -1.17.